The van der Waals surface area contributed by atoms with Crippen LogP contribution in [0.5, 0.6) is 0 Å². The molecule has 1 atom stereocenters. The zero-order chi connectivity index (χ0) is 5.82. The summed E-state index contributed by atoms with van der Waals surface area (Å²) in [4.78, 5) is 0. The molecule has 1 aliphatic heterocycles. The first-order chi connectivity index (χ1) is 3.93. The Hall–Kier alpha value is -0.150. The fourth-order valence-corrected chi connectivity index (χ4v) is 0.763. The molecule has 0 aromatic carbocycles. The standard InChI is InChI=1S/C5H10FN2/c6-3-5-4-7-1-2-8-5/h5,7H,1-4H2. The molecule has 1 N–H and O–H groups in total. The van der Waals surface area contributed by atoms with Crippen molar-refractivity contribution in [1.29, 1.82) is 0 Å². The highest BCUT2D eigenvalue weighted by Gasteiger charge is 2.11. The van der Waals surface area contributed by atoms with Gasteiger partial charge in [0.05, 0.1) is 6.04 Å². The average molecular weight is 117 g/mol. The largest absolute Gasteiger partial charge is 0.314 e. The highest BCUT2D eigenvalue weighted by Crippen LogP contribution is 1.88. The first kappa shape index (κ1) is 5.98. The Morgan fingerprint density at radius 3 is 3.00 bits per heavy atom. The number of hydrogen-bond acceptors (Lipinski definition) is 1. The molecule has 47 valence electrons. The van der Waals surface area contributed by atoms with Crippen molar-refractivity contribution in [2.24, 2.45) is 0 Å². The predicted octanol–water partition coefficient (Wildman–Crippen LogP) is -0.468. The highest BCUT2D eigenvalue weighted by atomic mass is 19.1. The lowest BCUT2D eigenvalue weighted by molar-refractivity contribution is 0.328. The first-order valence-corrected chi connectivity index (χ1v) is 2.87. The summed E-state index contributed by atoms with van der Waals surface area (Å²) in [6.45, 7) is 2.09. The minimum Gasteiger partial charge on any atom is -0.314 e. The van der Waals surface area contributed by atoms with E-state index in [9.17, 15) is 4.39 Å². The normalized spacial score (nSPS) is 30.4. The molecule has 0 amide bonds. The fourth-order valence-electron chi connectivity index (χ4n) is 0.763. The Kier molecular flexibility index (Phi) is 2.24. The van der Waals surface area contributed by atoms with Gasteiger partial charge in [0.25, 0.3) is 0 Å². The van der Waals surface area contributed by atoms with Crippen molar-refractivity contribution in [3.8, 4) is 0 Å². The van der Waals surface area contributed by atoms with E-state index in [2.05, 4.69) is 10.6 Å². The minimum atomic E-state index is -0.312. The molecule has 3 heteroatoms. The van der Waals surface area contributed by atoms with Crippen molar-refractivity contribution in [2.45, 2.75) is 6.04 Å². The van der Waals surface area contributed by atoms with Gasteiger partial charge in [0.15, 0.2) is 0 Å². The second-order valence-corrected chi connectivity index (χ2v) is 1.92. The molecule has 1 radical (unpaired) electrons. The van der Waals surface area contributed by atoms with Crippen molar-refractivity contribution in [3.63, 3.8) is 0 Å². The molecule has 1 aliphatic rings. The van der Waals surface area contributed by atoms with Gasteiger partial charge in [-0.05, 0) is 0 Å². The number of rotatable bonds is 1. The molecule has 0 aliphatic carbocycles. The van der Waals surface area contributed by atoms with Gasteiger partial charge >= 0.3 is 0 Å². The highest BCUT2D eigenvalue weighted by molar-refractivity contribution is 4.73. The maximum absolute atomic E-state index is 11.7. The van der Waals surface area contributed by atoms with Crippen LogP contribution in [-0.4, -0.2) is 32.4 Å². The molecule has 1 rings (SSSR count). The third-order valence-electron chi connectivity index (χ3n) is 1.23. The van der Waals surface area contributed by atoms with Gasteiger partial charge in [-0.1, -0.05) is 0 Å². The molecule has 8 heavy (non-hydrogen) atoms. The Balaban J connectivity index is 2.13. The molecule has 1 saturated heterocycles. The third kappa shape index (κ3) is 1.42. The van der Waals surface area contributed by atoms with E-state index >= 15 is 0 Å². The van der Waals surface area contributed by atoms with Crippen LogP contribution < -0.4 is 10.6 Å². The van der Waals surface area contributed by atoms with Gasteiger partial charge in [0, 0.05) is 19.6 Å². The SMILES string of the molecule is FCC1CNCC[N]1. The molecule has 0 aromatic heterocycles. The second-order valence-electron chi connectivity index (χ2n) is 1.92. The molecule has 0 aromatic rings. The van der Waals surface area contributed by atoms with Gasteiger partial charge < -0.3 is 5.32 Å². The van der Waals surface area contributed by atoms with Crippen LogP contribution in [0.4, 0.5) is 4.39 Å². The summed E-state index contributed by atoms with van der Waals surface area (Å²) in [6.07, 6.45) is 0. The van der Waals surface area contributed by atoms with E-state index in [1.807, 2.05) is 0 Å². The lowest BCUT2D eigenvalue weighted by atomic mass is 10.3. The van der Waals surface area contributed by atoms with Crippen LogP contribution >= 0.6 is 0 Å². The van der Waals surface area contributed by atoms with E-state index in [0.29, 0.717) is 0 Å². The molecule has 0 saturated carbocycles. The van der Waals surface area contributed by atoms with Gasteiger partial charge in [0.1, 0.15) is 6.67 Å². The Bertz CT molecular complexity index is 61.4. The first-order valence-electron chi connectivity index (χ1n) is 2.87. The lowest BCUT2D eigenvalue weighted by Crippen LogP contribution is -2.45. The molecule has 2 nitrogen and oxygen atoms in total. The fraction of sp³-hybridized carbons (Fsp3) is 1.00. The van der Waals surface area contributed by atoms with Gasteiger partial charge in [-0.2, -0.15) is 0 Å². The van der Waals surface area contributed by atoms with Crippen molar-refractivity contribution in [3.05, 3.63) is 0 Å². The molecule has 0 spiro atoms. The summed E-state index contributed by atoms with van der Waals surface area (Å²) in [5.74, 6) is 0. The molecular formula is C5H10FN2. The predicted molar refractivity (Wildman–Crippen MR) is 29.6 cm³/mol. The van der Waals surface area contributed by atoms with Crippen molar-refractivity contribution >= 4 is 0 Å². The molecule has 1 unspecified atom stereocenters. The van der Waals surface area contributed by atoms with E-state index in [1.54, 1.807) is 0 Å². The minimum absolute atomic E-state index is 0.0660. The number of nitrogens with one attached hydrogen (secondary N) is 1. The van der Waals surface area contributed by atoms with Crippen LogP contribution in [0.3, 0.4) is 0 Å². The zero-order valence-electron chi connectivity index (χ0n) is 4.73. The smallest absolute Gasteiger partial charge is 0.108 e. The molecule has 1 fully saturated rings. The summed E-state index contributed by atoms with van der Waals surface area (Å²) in [6, 6.07) is -0.0660. The number of alkyl halides is 1. The zero-order valence-corrected chi connectivity index (χ0v) is 4.73. The second kappa shape index (κ2) is 2.99. The molecule has 1 heterocycles. The van der Waals surface area contributed by atoms with Gasteiger partial charge in [-0.25, -0.2) is 9.71 Å². The van der Waals surface area contributed by atoms with E-state index in [1.165, 1.54) is 0 Å². The van der Waals surface area contributed by atoms with Crippen molar-refractivity contribution in [1.82, 2.24) is 10.6 Å². The molecular weight excluding hydrogens is 107 g/mol. The van der Waals surface area contributed by atoms with E-state index in [4.69, 9.17) is 0 Å². The Morgan fingerprint density at radius 1 is 1.75 bits per heavy atom. The van der Waals surface area contributed by atoms with Gasteiger partial charge in [0.2, 0.25) is 0 Å². The molecule has 0 bridgehead atoms. The third-order valence-corrected chi connectivity index (χ3v) is 1.23. The lowest BCUT2D eigenvalue weighted by Gasteiger charge is -2.19. The average Bonchev–Trinajstić information content (AvgIpc) is 1.90. The van der Waals surface area contributed by atoms with Crippen molar-refractivity contribution < 1.29 is 4.39 Å². The van der Waals surface area contributed by atoms with E-state index < -0.39 is 0 Å². The summed E-state index contributed by atoms with van der Waals surface area (Å²) < 4.78 is 11.7. The van der Waals surface area contributed by atoms with Crippen LogP contribution in [0, 0.1) is 0 Å². The Labute approximate surface area is 48.5 Å². The number of nitrogens with zero attached hydrogens (tertiary/aromatic N) is 1. The van der Waals surface area contributed by atoms with Crippen LogP contribution in [0.2, 0.25) is 0 Å². The van der Waals surface area contributed by atoms with Crippen molar-refractivity contribution in [2.75, 3.05) is 26.3 Å². The summed E-state index contributed by atoms with van der Waals surface area (Å²) in [5.41, 5.74) is 0. The van der Waals surface area contributed by atoms with E-state index in [-0.39, 0.29) is 12.7 Å². The maximum atomic E-state index is 11.7. The van der Waals surface area contributed by atoms with Gasteiger partial charge in [-0.15, -0.1) is 0 Å². The number of halogens is 1. The number of hydrogen-bond donors (Lipinski definition) is 1. The van der Waals surface area contributed by atoms with E-state index in [0.717, 1.165) is 19.6 Å². The van der Waals surface area contributed by atoms with Crippen LogP contribution in [0.1, 0.15) is 0 Å². The van der Waals surface area contributed by atoms with Crippen LogP contribution in [0.25, 0.3) is 0 Å². The van der Waals surface area contributed by atoms with Crippen LogP contribution in [-0.2, 0) is 0 Å². The summed E-state index contributed by atoms with van der Waals surface area (Å²) in [5, 5.41) is 7.06. The topological polar surface area (TPSA) is 26.1 Å². The summed E-state index contributed by atoms with van der Waals surface area (Å²) in [7, 11) is 0. The van der Waals surface area contributed by atoms with Crippen LogP contribution in [0.15, 0.2) is 0 Å². The number of piperazine rings is 1. The van der Waals surface area contributed by atoms with Gasteiger partial charge in [-0.3, -0.25) is 0 Å². The monoisotopic (exact) mass is 117 g/mol. The maximum Gasteiger partial charge on any atom is 0.108 e. The summed E-state index contributed by atoms with van der Waals surface area (Å²) >= 11 is 0. The quantitative estimate of drug-likeness (QED) is 0.494. The Morgan fingerprint density at radius 2 is 2.62 bits per heavy atom.